The molecule has 1 heterocycles. The summed E-state index contributed by atoms with van der Waals surface area (Å²) >= 11 is 0.417. The monoisotopic (exact) mass is 270 g/mol. The zero-order chi connectivity index (χ0) is 13.4. The number of nitrogens with two attached hydrogens (primary N) is 1. The molecule has 0 unspecified atom stereocenters. The molecule has 0 atom stereocenters. The largest absolute Gasteiger partial charge is 0.434 e. The van der Waals surface area contributed by atoms with Gasteiger partial charge in [-0.1, -0.05) is 11.3 Å². The van der Waals surface area contributed by atoms with Crippen molar-refractivity contribution in [3.05, 3.63) is 10.6 Å². The number of halogens is 3. The fourth-order valence-corrected chi connectivity index (χ4v) is 1.98. The highest BCUT2D eigenvalue weighted by Gasteiger charge is 2.42. The highest BCUT2D eigenvalue weighted by atomic mass is 32.1. The number of carbonyl (C=O) groups is 1. The molecule has 0 radical (unpaired) electrons. The molecule has 1 rings (SSSR count). The van der Waals surface area contributed by atoms with Gasteiger partial charge in [0.05, 0.1) is 10.5 Å². The maximum absolute atomic E-state index is 12.6. The van der Waals surface area contributed by atoms with Gasteiger partial charge in [0.15, 0.2) is 5.69 Å². The number of hydrogen-bond acceptors (Lipinski definition) is 5. The summed E-state index contributed by atoms with van der Waals surface area (Å²) in [4.78, 5) is 13.1. The Labute approximate surface area is 98.0 Å². The SMILES string of the molecule is CC(C)(O)c1sc(OC(N)=O)nc1C(F)(F)F. The summed E-state index contributed by atoms with van der Waals surface area (Å²) in [5.74, 6) is 0. The van der Waals surface area contributed by atoms with Crippen LogP contribution in [0, 0.1) is 0 Å². The van der Waals surface area contributed by atoms with Crippen LogP contribution >= 0.6 is 11.3 Å². The van der Waals surface area contributed by atoms with Gasteiger partial charge in [0.1, 0.15) is 0 Å². The molecule has 0 saturated carbocycles. The van der Waals surface area contributed by atoms with Crippen LogP contribution in [0.4, 0.5) is 18.0 Å². The Balaban J connectivity index is 3.27. The third-order valence-corrected chi connectivity index (χ3v) is 2.87. The van der Waals surface area contributed by atoms with Crippen LogP contribution in [0.15, 0.2) is 0 Å². The van der Waals surface area contributed by atoms with Crippen molar-refractivity contribution in [1.29, 1.82) is 0 Å². The third-order valence-electron chi connectivity index (χ3n) is 1.62. The van der Waals surface area contributed by atoms with Crippen molar-refractivity contribution >= 4 is 17.4 Å². The Morgan fingerprint density at radius 2 is 2.00 bits per heavy atom. The number of alkyl halides is 3. The number of aromatic nitrogens is 1. The van der Waals surface area contributed by atoms with Crippen LogP contribution in [0.1, 0.15) is 24.4 Å². The second-order valence-electron chi connectivity index (χ2n) is 3.64. The van der Waals surface area contributed by atoms with Gasteiger partial charge in [0.25, 0.3) is 5.19 Å². The average molecular weight is 270 g/mol. The predicted molar refractivity (Wildman–Crippen MR) is 52.6 cm³/mol. The van der Waals surface area contributed by atoms with E-state index < -0.39 is 33.6 Å². The Hall–Kier alpha value is -1.35. The topological polar surface area (TPSA) is 85.4 Å². The van der Waals surface area contributed by atoms with Crippen molar-refractivity contribution in [2.45, 2.75) is 25.6 Å². The molecule has 0 aliphatic carbocycles. The van der Waals surface area contributed by atoms with E-state index in [1.165, 1.54) is 13.8 Å². The van der Waals surface area contributed by atoms with E-state index in [9.17, 15) is 23.1 Å². The molecule has 1 aromatic heterocycles. The van der Waals surface area contributed by atoms with Gasteiger partial charge in [0.2, 0.25) is 0 Å². The number of carbonyl (C=O) groups excluding carboxylic acids is 1. The molecule has 0 spiro atoms. The third kappa shape index (κ3) is 3.30. The summed E-state index contributed by atoms with van der Waals surface area (Å²) in [5.41, 5.74) is 1.63. The predicted octanol–water partition coefficient (Wildman–Crippen LogP) is 1.85. The van der Waals surface area contributed by atoms with Gasteiger partial charge in [0, 0.05) is 0 Å². The molecule has 96 valence electrons. The van der Waals surface area contributed by atoms with Crippen molar-refractivity contribution in [3.8, 4) is 5.19 Å². The first-order valence-corrected chi connectivity index (χ1v) is 5.11. The Bertz CT molecular complexity index is 405. The fraction of sp³-hybridized carbons (Fsp3) is 0.500. The minimum atomic E-state index is -4.74. The Morgan fingerprint density at radius 3 is 2.29 bits per heavy atom. The van der Waals surface area contributed by atoms with Gasteiger partial charge in [-0.25, -0.2) is 4.79 Å². The molecule has 3 N–H and O–H groups in total. The molecular weight excluding hydrogens is 261 g/mol. The molecule has 0 bridgehead atoms. The van der Waals surface area contributed by atoms with Gasteiger partial charge in [-0.2, -0.15) is 18.2 Å². The summed E-state index contributed by atoms with van der Waals surface area (Å²) < 4.78 is 42.0. The summed E-state index contributed by atoms with van der Waals surface area (Å²) in [6, 6.07) is 0. The number of aliphatic hydroxyl groups is 1. The normalized spacial score (nSPS) is 12.6. The van der Waals surface area contributed by atoms with Gasteiger partial charge in [-0.15, -0.1) is 0 Å². The van der Waals surface area contributed by atoms with E-state index in [0.717, 1.165) is 0 Å². The van der Waals surface area contributed by atoms with Gasteiger partial charge in [-0.3, -0.25) is 0 Å². The van der Waals surface area contributed by atoms with Crippen LogP contribution in [-0.4, -0.2) is 16.2 Å². The van der Waals surface area contributed by atoms with E-state index in [1.54, 1.807) is 0 Å². The van der Waals surface area contributed by atoms with Crippen LogP contribution in [0.5, 0.6) is 5.19 Å². The molecule has 0 fully saturated rings. The summed E-state index contributed by atoms with van der Waals surface area (Å²) in [7, 11) is 0. The van der Waals surface area contributed by atoms with E-state index >= 15 is 0 Å². The zero-order valence-corrected chi connectivity index (χ0v) is 9.65. The van der Waals surface area contributed by atoms with Crippen LogP contribution in [0.2, 0.25) is 0 Å². The summed E-state index contributed by atoms with van der Waals surface area (Å²) in [6.45, 7) is 2.34. The number of ether oxygens (including phenoxy) is 1. The minimum Gasteiger partial charge on any atom is -0.385 e. The molecule has 0 aliphatic heterocycles. The van der Waals surface area contributed by atoms with E-state index in [1.807, 2.05) is 0 Å². The van der Waals surface area contributed by atoms with Crippen molar-refractivity contribution < 1.29 is 27.8 Å². The van der Waals surface area contributed by atoms with E-state index in [0.29, 0.717) is 11.3 Å². The van der Waals surface area contributed by atoms with Crippen LogP contribution in [0.25, 0.3) is 0 Å². The first-order chi connectivity index (χ1) is 7.51. The molecule has 1 amide bonds. The number of primary amides is 1. The second kappa shape index (κ2) is 4.15. The number of thiazole rings is 1. The smallest absolute Gasteiger partial charge is 0.385 e. The molecule has 0 aromatic carbocycles. The van der Waals surface area contributed by atoms with Crippen LogP contribution < -0.4 is 10.5 Å². The molecule has 0 aliphatic rings. The highest BCUT2D eigenvalue weighted by Crippen LogP contribution is 2.41. The van der Waals surface area contributed by atoms with Gasteiger partial charge >= 0.3 is 12.3 Å². The summed E-state index contributed by atoms with van der Waals surface area (Å²) in [6.07, 6.45) is -6.01. The van der Waals surface area contributed by atoms with Gasteiger partial charge in [-0.05, 0) is 13.8 Å². The van der Waals surface area contributed by atoms with Gasteiger partial charge < -0.3 is 15.6 Å². The van der Waals surface area contributed by atoms with E-state index in [-0.39, 0.29) is 0 Å². The maximum atomic E-state index is 12.6. The molecule has 5 nitrogen and oxygen atoms in total. The second-order valence-corrected chi connectivity index (χ2v) is 4.60. The Kier molecular flexibility index (Phi) is 3.35. The minimum absolute atomic E-state index is 0.417. The standard InChI is InChI=1S/C8H9F3N2O3S/c1-7(2,15)4-3(8(9,10)11)13-6(17-4)16-5(12)14/h15H,1-2H3,(H2,12,14). The molecule has 9 heteroatoms. The average Bonchev–Trinajstić information content (AvgIpc) is 2.44. The number of hydrogen-bond donors (Lipinski definition) is 2. The fourth-order valence-electron chi connectivity index (χ4n) is 1.04. The molecule has 17 heavy (non-hydrogen) atoms. The van der Waals surface area contributed by atoms with Crippen molar-refractivity contribution in [2.75, 3.05) is 0 Å². The van der Waals surface area contributed by atoms with Crippen molar-refractivity contribution in [3.63, 3.8) is 0 Å². The van der Waals surface area contributed by atoms with Crippen molar-refractivity contribution in [1.82, 2.24) is 4.98 Å². The number of amides is 1. The van der Waals surface area contributed by atoms with Crippen LogP contribution in [-0.2, 0) is 11.8 Å². The first kappa shape index (κ1) is 13.7. The highest BCUT2D eigenvalue weighted by molar-refractivity contribution is 7.13. The zero-order valence-electron chi connectivity index (χ0n) is 8.83. The van der Waals surface area contributed by atoms with E-state index in [4.69, 9.17) is 0 Å². The molecular formula is C8H9F3N2O3S. The summed E-state index contributed by atoms with van der Waals surface area (Å²) in [5, 5.41) is 9.03. The maximum Gasteiger partial charge on any atom is 0.434 e. The number of nitrogens with zero attached hydrogens (tertiary/aromatic N) is 1. The van der Waals surface area contributed by atoms with E-state index in [2.05, 4.69) is 15.5 Å². The lowest BCUT2D eigenvalue weighted by Gasteiger charge is -2.17. The molecule has 1 aromatic rings. The lowest BCUT2D eigenvalue weighted by Crippen LogP contribution is -2.20. The van der Waals surface area contributed by atoms with Crippen molar-refractivity contribution in [2.24, 2.45) is 5.73 Å². The lowest BCUT2D eigenvalue weighted by atomic mass is 10.1. The quantitative estimate of drug-likeness (QED) is 0.858. The Morgan fingerprint density at radius 1 is 1.47 bits per heavy atom. The first-order valence-electron chi connectivity index (χ1n) is 4.30. The molecule has 0 saturated heterocycles. The lowest BCUT2D eigenvalue weighted by molar-refractivity contribution is -0.143. The number of rotatable bonds is 2. The van der Waals surface area contributed by atoms with Crippen LogP contribution in [0.3, 0.4) is 0 Å².